The maximum atomic E-state index is 12.5. The van der Waals surface area contributed by atoms with Gasteiger partial charge in [0.05, 0.1) is 0 Å². The van der Waals surface area contributed by atoms with Crippen LogP contribution in [0.2, 0.25) is 0 Å². The predicted octanol–water partition coefficient (Wildman–Crippen LogP) is 7.81. The number of thiol groups is 1. The summed E-state index contributed by atoms with van der Waals surface area (Å²) in [5.41, 5.74) is 1.51. The summed E-state index contributed by atoms with van der Waals surface area (Å²) in [4.78, 5) is 8.93. The Morgan fingerprint density at radius 1 is 1.18 bits per heavy atom. The molecule has 0 radical (unpaired) electrons. The first-order valence-electron chi connectivity index (χ1n) is 10.5. The Hall–Kier alpha value is -2.47. The van der Waals surface area contributed by atoms with Gasteiger partial charge in [0.2, 0.25) is 0 Å². The molecular weight excluding hydrogens is 578 g/mol. The van der Waals surface area contributed by atoms with E-state index in [0.717, 1.165) is 5.75 Å². The quantitative estimate of drug-likeness (QED) is 0.0620. The topological polar surface area (TPSA) is 55.7 Å². The fraction of sp³-hybridized carbons (Fsp3) is 0.250. The maximum absolute atomic E-state index is 12.5. The Labute approximate surface area is 212 Å². The summed E-state index contributed by atoms with van der Waals surface area (Å²) >= 11 is 3.90. The number of ether oxygens (including phenoxy) is 2. The number of halogens is 4. The van der Waals surface area contributed by atoms with Crippen molar-refractivity contribution < 1.29 is 22.6 Å². The van der Waals surface area contributed by atoms with Crippen molar-refractivity contribution in [3.05, 3.63) is 63.9 Å². The molecular formula is C24H25F3IN3O2S. The van der Waals surface area contributed by atoms with Crippen LogP contribution in [0.1, 0.15) is 25.3 Å². The summed E-state index contributed by atoms with van der Waals surface area (Å²) in [7, 11) is 0. The number of hydrogen-bond acceptors (Lipinski definition) is 5. The average Bonchev–Trinajstić information content (AvgIpc) is 2.77. The molecule has 0 aliphatic heterocycles. The van der Waals surface area contributed by atoms with Crippen LogP contribution in [0.15, 0.2) is 64.6 Å². The second kappa shape index (κ2) is 12.3. The number of benzene rings is 2. The fourth-order valence-corrected chi connectivity index (χ4v) is 6.36. The van der Waals surface area contributed by atoms with Crippen molar-refractivity contribution in [2.45, 2.75) is 37.9 Å². The first kappa shape index (κ1) is 26.1. The molecule has 2 aromatic carbocycles. The average molecular weight is 603 g/mol. The zero-order valence-electron chi connectivity index (χ0n) is 18.6. The number of aryl methyl sites for hydroxylation is 1. The minimum atomic E-state index is -4.77. The van der Waals surface area contributed by atoms with Gasteiger partial charge in [-0.25, -0.2) is 0 Å². The zero-order chi connectivity index (χ0) is 24.6. The Balaban J connectivity index is 1.75. The van der Waals surface area contributed by atoms with Crippen LogP contribution in [0.4, 0.5) is 24.5 Å². The molecule has 0 saturated heterocycles. The third-order valence-corrected chi connectivity index (χ3v) is 8.08. The molecule has 182 valence electrons. The van der Waals surface area contributed by atoms with Crippen molar-refractivity contribution in [3.8, 4) is 17.4 Å². The van der Waals surface area contributed by atoms with Gasteiger partial charge in [-0.15, -0.1) is 13.2 Å². The number of aliphatic imine (C=N–C) groups is 1. The van der Waals surface area contributed by atoms with Crippen molar-refractivity contribution in [3.63, 3.8) is 0 Å². The van der Waals surface area contributed by atoms with Crippen LogP contribution in [0.5, 0.6) is 17.4 Å². The normalized spacial score (nSPS) is 11.7. The Morgan fingerprint density at radius 2 is 1.97 bits per heavy atom. The van der Waals surface area contributed by atoms with E-state index >= 15 is 0 Å². The van der Waals surface area contributed by atoms with Crippen molar-refractivity contribution >= 4 is 51.5 Å². The summed E-state index contributed by atoms with van der Waals surface area (Å²) in [5.74, 6) is 0.861. The molecule has 3 rings (SSSR count). The van der Waals surface area contributed by atoms with Crippen LogP contribution in [0.3, 0.4) is 0 Å². The van der Waals surface area contributed by atoms with Crippen molar-refractivity contribution in [1.29, 1.82) is 0 Å². The molecule has 0 unspecified atom stereocenters. The molecule has 0 atom stereocenters. The van der Waals surface area contributed by atoms with E-state index in [4.69, 9.17) is 4.74 Å². The molecule has 1 heterocycles. The summed E-state index contributed by atoms with van der Waals surface area (Å²) in [6.07, 6.45) is 0.680. The first-order chi connectivity index (χ1) is 16.3. The van der Waals surface area contributed by atoms with Gasteiger partial charge in [0.15, 0.2) is 0 Å². The summed E-state index contributed by atoms with van der Waals surface area (Å²) in [6.45, 7) is 3.82. The van der Waals surface area contributed by atoms with Gasteiger partial charge in [-0.1, -0.05) is 0 Å². The number of alkyl halides is 4. The summed E-state index contributed by atoms with van der Waals surface area (Å²) in [5, 5.41) is 3.05. The number of rotatable bonds is 10. The SMILES string of the molecule is CCCC[IH]c1ccccc1Oc1ncccc1NC=Nc1c(C)cc(OC(F)(F)F)cc1S. The van der Waals surface area contributed by atoms with E-state index in [0.29, 0.717) is 22.8 Å². The number of unbranched alkanes of at least 4 members (excludes halogenated alkanes) is 1. The van der Waals surface area contributed by atoms with E-state index in [2.05, 4.69) is 45.6 Å². The summed E-state index contributed by atoms with van der Waals surface area (Å²) < 4.78 is 50.0. The number of aromatic nitrogens is 1. The van der Waals surface area contributed by atoms with E-state index in [1.807, 2.05) is 18.2 Å². The Morgan fingerprint density at radius 3 is 2.71 bits per heavy atom. The standard InChI is InChI=1S/C24H25F3IN3O2S/c1-3-4-11-28-18-8-5-6-10-20(18)32-23-19(9-7-12-29-23)30-15-31-22-16(2)13-17(14-21(22)34)33-24(25,26)27/h5-10,12-15,28,34H,3-4,11H2,1-2H3,(H,30,31). The van der Waals surface area contributed by atoms with Crippen molar-refractivity contribution in [2.75, 3.05) is 9.74 Å². The monoisotopic (exact) mass is 603 g/mol. The molecule has 5 nitrogen and oxygen atoms in total. The Bertz CT molecular complexity index is 1120. The summed E-state index contributed by atoms with van der Waals surface area (Å²) in [6, 6.07) is 14.0. The molecule has 0 aliphatic rings. The van der Waals surface area contributed by atoms with Gasteiger partial charge >= 0.3 is 195 Å². The van der Waals surface area contributed by atoms with Gasteiger partial charge in [0, 0.05) is 0 Å². The first-order valence-corrected chi connectivity index (χ1v) is 13.8. The van der Waals surface area contributed by atoms with Crippen LogP contribution in [0, 0.1) is 10.5 Å². The van der Waals surface area contributed by atoms with Crippen molar-refractivity contribution in [2.24, 2.45) is 4.99 Å². The van der Waals surface area contributed by atoms with Crippen LogP contribution in [-0.4, -0.2) is 22.1 Å². The number of nitrogens with one attached hydrogen (secondary N) is 1. The molecule has 1 aromatic heterocycles. The molecule has 0 aliphatic carbocycles. The predicted molar refractivity (Wildman–Crippen MR) is 142 cm³/mol. The molecule has 34 heavy (non-hydrogen) atoms. The molecule has 0 saturated carbocycles. The molecule has 0 fully saturated rings. The number of para-hydroxylation sites is 1. The number of pyridine rings is 1. The van der Waals surface area contributed by atoms with Gasteiger partial charge in [0.25, 0.3) is 0 Å². The van der Waals surface area contributed by atoms with Crippen LogP contribution >= 0.6 is 33.8 Å². The second-order valence-corrected chi connectivity index (χ2v) is 10.9. The molecule has 3 aromatic rings. The van der Waals surface area contributed by atoms with Gasteiger partial charge in [0.1, 0.15) is 0 Å². The number of anilines is 1. The van der Waals surface area contributed by atoms with Crippen molar-refractivity contribution in [1.82, 2.24) is 4.98 Å². The molecule has 1 N–H and O–H groups in total. The third-order valence-electron chi connectivity index (χ3n) is 4.48. The van der Waals surface area contributed by atoms with E-state index in [9.17, 15) is 13.2 Å². The van der Waals surface area contributed by atoms with E-state index < -0.39 is 6.36 Å². The van der Waals surface area contributed by atoms with E-state index in [-0.39, 0.29) is 31.9 Å². The van der Waals surface area contributed by atoms with Gasteiger partial charge in [-0.2, -0.15) is 0 Å². The van der Waals surface area contributed by atoms with Gasteiger partial charge in [-0.05, 0) is 0 Å². The molecule has 0 amide bonds. The fourth-order valence-electron chi connectivity index (χ4n) is 2.92. The third kappa shape index (κ3) is 7.79. The van der Waals surface area contributed by atoms with Gasteiger partial charge < -0.3 is 4.74 Å². The van der Waals surface area contributed by atoms with Crippen LogP contribution in [0.25, 0.3) is 0 Å². The minimum absolute atomic E-state index is 0.255. The number of hydrogen-bond donors (Lipinski definition) is 2. The number of nitrogens with zero attached hydrogens (tertiary/aromatic N) is 2. The molecule has 0 bridgehead atoms. The van der Waals surface area contributed by atoms with E-state index in [1.165, 1.54) is 39.3 Å². The van der Waals surface area contributed by atoms with Gasteiger partial charge in [-0.3, -0.25) is 0 Å². The van der Waals surface area contributed by atoms with Crippen LogP contribution in [-0.2, 0) is 0 Å². The zero-order valence-corrected chi connectivity index (χ0v) is 21.8. The second-order valence-electron chi connectivity index (χ2n) is 7.17. The van der Waals surface area contributed by atoms with E-state index in [1.54, 1.807) is 25.3 Å². The Kier molecular flexibility index (Phi) is 9.45. The molecule has 10 heteroatoms. The molecule has 0 spiro atoms. The van der Waals surface area contributed by atoms with Crippen LogP contribution < -0.4 is 14.8 Å².